The highest BCUT2D eigenvalue weighted by atomic mass is 79.9. The minimum atomic E-state index is -2.54. The zero-order chi connectivity index (χ0) is 9.14. The normalized spacial score (nSPS) is 13.4. The van der Waals surface area contributed by atoms with Crippen LogP contribution in [0.25, 0.3) is 0 Å². The van der Waals surface area contributed by atoms with Crippen molar-refractivity contribution in [1.29, 1.82) is 0 Å². The van der Waals surface area contributed by atoms with Gasteiger partial charge in [0.2, 0.25) is 0 Å². The van der Waals surface area contributed by atoms with Crippen LogP contribution in [0.3, 0.4) is 0 Å². The Kier molecular flexibility index (Phi) is 3.11. The van der Waals surface area contributed by atoms with E-state index in [2.05, 4.69) is 20.9 Å². The summed E-state index contributed by atoms with van der Waals surface area (Å²) in [5.74, 6) is 0. The van der Waals surface area contributed by atoms with Crippen molar-refractivity contribution in [1.82, 2.24) is 4.98 Å². The number of halogens is 3. The van der Waals surface area contributed by atoms with Gasteiger partial charge in [-0.25, -0.2) is 13.8 Å². The Bertz CT molecular complexity index is 267. The van der Waals surface area contributed by atoms with Gasteiger partial charge in [0, 0.05) is 6.20 Å². The van der Waals surface area contributed by atoms with E-state index in [1.165, 1.54) is 18.3 Å². The summed E-state index contributed by atoms with van der Waals surface area (Å²) in [7, 11) is 0. The predicted molar refractivity (Wildman–Crippen MR) is 44.9 cm³/mol. The maximum atomic E-state index is 12.1. The van der Waals surface area contributed by atoms with E-state index in [1.54, 1.807) is 0 Å². The highest BCUT2D eigenvalue weighted by Gasteiger charge is 2.17. The summed E-state index contributed by atoms with van der Waals surface area (Å²) in [6.07, 6.45) is -1.11. The standard InChI is InChI=1S/C7H7BrF2N2/c8-5-3-4(1-2-12-5)6(11)7(9)10/h1-3,6-7H,11H2. The molecule has 5 heteroatoms. The van der Waals surface area contributed by atoms with Gasteiger partial charge in [-0.1, -0.05) is 0 Å². The van der Waals surface area contributed by atoms with Gasteiger partial charge in [0.15, 0.2) is 0 Å². The summed E-state index contributed by atoms with van der Waals surface area (Å²) < 4.78 is 24.7. The number of nitrogens with two attached hydrogens (primary N) is 1. The van der Waals surface area contributed by atoms with Gasteiger partial charge in [0.1, 0.15) is 4.60 Å². The average molecular weight is 237 g/mol. The molecule has 1 heterocycles. The van der Waals surface area contributed by atoms with Gasteiger partial charge in [-0.05, 0) is 33.6 Å². The molecule has 1 unspecified atom stereocenters. The third kappa shape index (κ3) is 2.22. The molecule has 0 aliphatic rings. The Labute approximate surface area is 76.9 Å². The lowest BCUT2D eigenvalue weighted by molar-refractivity contribution is 0.116. The van der Waals surface area contributed by atoms with E-state index in [9.17, 15) is 8.78 Å². The number of hydrogen-bond donors (Lipinski definition) is 1. The number of alkyl halides is 2. The van der Waals surface area contributed by atoms with E-state index < -0.39 is 12.5 Å². The SMILES string of the molecule is NC(c1ccnc(Br)c1)C(F)F. The highest BCUT2D eigenvalue weighted by molar-refractivity contribution is 9.10. The Morgan fingerprint density at radius 2 is 2.17 bits per heavy atom. The van der Waals surface area contributed by atoms with Crippen molar-refractivity contribution in [2.24, 2.45) is 5.73 Å². The zero-order valence-corrected chi connectivity index (χ0v) is 7.63. The summed E-state index contributed by atoms with van der Waals surface area (Å²) >= 11 is 3.07. The Balaban J connectivity index is 2.88. The van der Waals surface area contributed by atoms with Gasteiger partial charge < -0.3 is 5.73 Å². The fourth-order valence-electron chi connectivity index (χ4n) is 0.770. The predicted octanol–water partition coefficient (Wildman–Crippen LogP) is 2.11. The lowest BCUT2D eigenvalue weighted by Crippen LogP contribution is -2.18. The molecule has 2 N–H and O–H groups in total. The molecule has 0 aliphatic heterocycles. The molecular weight excluding hydrogens is 230 g/mol. The molecule has 0 saturated carbocycles. The molecule has 0 spiro atoms. The molecule has 0 radical (unpaired) electrons. The molecule has 66 valence electrons. The maximum absolute atomic E-state index is 12.1. The van der Waals surface area contributed by atoms with Crippen LogP contribution in [0, 0.1) is 0 Å². The molecular formula is C7H7BrF2N2. The van der Waals surface area contributed by atoms with E-state index in [4.69, 9.17) is 5.73 Å². The Hall–Kier alpha value is -0.550. The van der Waals surface area contributed by atoms with E-state index >= 15 is 0 Å². The first-order valence-corrected chi connectivity index (χ1v) is 4.05. The number of nitrogens with zero attached hydrogens (tertiary/aromatic N) is 1. The molecule has 12 heavy (non-hydrogen) atoms. The largest absolute Gasteiger partial charge is 0.319 e. The lowest BCUT2D eigenvalue weighted by Gasteiger charge is -2.09. The van der Waals surface area contributed by atoms with Crippen LogP contribution in [0.1, 0.15) is 11.6 Å². The first kappa shape index (κ1) is 9.54. The van der Waals surface area contributed by atoms with Crippen LogP contribution >= 0.6 is 15.9 Å². The summed E-state index contributed by atoms with van der Waals surface area (Å²) in [6.45, 7) is 0. The van der Waals surface area contributed by atoms with Gasteiger partial charge >= 0.3 is 0 Å². The first-order chi connectivity index (χ1) is 5.61. The molecule has 0 aromatic carbocycles. The van der Waals surface area contributed by atoms with E-state index in [1.807, 2.05) is 0 Å². The molecule has 0 aliphatic carbocycles. The summed E-state index contributed by atoms with van der Waals surface area (Å²) in [5.41, 5.74) is 5.59. The number of pyridine rings is 1. The number of rotatable bonds is 2. The summed E-state index contributed by atoms with van der Waals surface area (Å²) in [4.78, 5) is 3.80. The van der Waals surface area contributed by atoms with Crippen LogP contribution in [0.15, 0.2) is 22.9 Å². The summed E-state index contributed by atoms with van der Waals surface area (Å²) in [6, 6.07) is 1.72. The molecule has 1 aromatic heterocycles. The highest BCUT2D eigenvalue weighted by Crippen LogP contribution is 2.19. The molecule has 0 fully saturated rings. The fourth-order valence-corrected chi connectivity index (χ4v) is 1.15. The smallest absolute Gasteiger partial charge is 0.257 e. The van der Waals surface area contributed by atoms with Crippen molar-refractivity contribution in [3.63, 3.8) is 0 Å². The van der Waals surface area contributed by atoms with Crippen molar-refractivity contribution in [2.75, 3.05) is 0 Å². The van der Waals surface area contributed by atoms with Crippen LogP contribution in [0.5, 0.6) is 0 Å². The molecule has 2 nitrogen and oxygen atoms in total. The van der Waals surface area contributed by atoms with Crippen LogP contribution < -0.4 is 5.73 Å². The topological polar surface area (TPSA) is 38.9 Å². The quantitative estimate of drug-likeness (QED) is 0.800. The van der Waals surface area contributed by atoms with Crippen molar-refractivity contribution in [3.05, 3.63) is 28.5 Å². The van der Waals surface area contributed by atoms with Crippen LogP contribution in [0.4, 0.5) is 8.78 Å². The molecule has 0 saturated heterocycles. The monoisotopic (exact) mass is 236 g/mol. The number of hydrogen-bond acceptors (Lipinski definition) is 2. The van der Waals surface area contributed by atoms with Crippen LogP contribution in [0.2, 0.25) is 0 Å². The summed E-state index contributed by atoms with van der Waals surface area (Å²) in [5, 5.41) is 0. The van der Waals surface area contributed by atoms with Gasteiger partial charge in [0.25, 0.3) is 6.43 Å². The van der Waals surface area contributed by atoms with Crippen molar-refractivity contribution in [2.45, 2.75) is 12.5 Å². The minimum Gasteiger partial charge on any atom is -0.319 e. The van der Waals surface area contributed by atoms with E-state index in [0.29, 0.717) is 10.2 Å². The van der Waals surface area contributed by atoms with Crippen molar-refractivity contribution >= 4 is 15.9 Å². The Morgan fingerprint density at radius 1 is 1.50 bits per heavy atom. The average Bonchev–Trinajstić information content (AvgIpc) is 2.03. The van der Waals surface area contributed by atoms with E-state index in [-0.39, 0.29) is 0 Å². The maximum Gasteiger partial charge on any atom is 0.257 e. The van der Waals surface area contributed by atoms with Gasteiger partial charge in [-0.15, -0.1) is 0 Å². The molecule has 0 amide bonds. The second kappa shape index (κ2) is 3.91. The third-order valence-corrected chi connectivity index (χ3v) is 1.84. The number of aromatic nitrogens is 1. The third-order valence-electron chi connectivity index (χ3n) is 1.41. The van der Waals surface area contributed by atoms with Crippen LogP contribution in [-0.4, -0.2) is 11.4 Å². The van der Waals surface area contributed by atoms with Crippen molar-refractivity contribution < 1.29 is 8.78 Å². The van der Waals surface area contributed by atoms with Gasteiger partial charge in [0.05, 0.1) is 6.04 Å². The molecule has 1 atom stereocenters. The van der Waals surface area contributed by atoms with Gasteiger partial charge in [-0.3, -0.25) is 0 Å². The van der Waals surface area contributed by atoms with E-state index in [0.717, 1.165) is 0 Å². The fraction of sp³-hybridized carbons (Fsp3) is 0.286. The second-order valence-electron chi connectivity index (χ2n) is 2.27. The van der Waals surface area contributed by atoms with Gasteiger partial charge in [-0.2, -0.15) is 0 Å². The zero-order valence-electron chi connectivity index (χ0n) is 6.05. The van der Waals surface area contributed by atoms with Crippen molar-refractivity contribution in [3.8, 4) is 0 Å². The molecule has 1 aromatic rings. The molecule has 0 bridgehead atoms. The minimum absolute atomic E-state index is 0.381. The molecule has 1 rings (SSSR count). The lowest BCUT2D eigenvalue weighted by atomic mass is 10.1. The van der Waals surface area contributed by atoms with Crippen LogP contribution in [-0.2, 0) is 0 Å². The second-order valence-corrected chi connectivity index (χ2v) is 3.08. The first-order valence-electron chi connectivity index (χ1n) is 3.26. The Morgan fingerprint density at radius 3 is 2.67 bits per heavy atom.